The highest BCUT2D eigenvalue weighted by Crippen LogP contribution is 2.46. The number of benzene rings is 10. The van der Waals surface area contributed by atoms with E-state index in [4.69, 9.17) is 4.42 Å². The van der Waals surface area contributed by atoms with E-state index in [2.05, 4.69) is 176 Å². The fourth-order valence-corrected chi connectivity index (χ4v) is 10.2. The predicted octanol–water partition coefficient (Wildman–Crippen LogP) is 15.6. The third-order valence-electron chi connectivity index (χ3n) is 11.5. The van der Waals surface area contributed by atoms with Gasteiger partial charge in [0.25, 0.3) is 0 Å². The Balaban J connectivity index is 0.993. The summed E-state index contributed by atoms with van der Waals surface area (Å²) in [4.78, 5) is 0. The Hall–Kier alpha value is -6.74. The van der Waals surface area contributed by atoms with Crippen LogP contribution in [0.5, 0.6) is 0 Å². The lowest BCUT2D eigenvalue weighted by atomic mass is 9.84. The maximum atomic E-state index is 6.40. The van der Waals surface area contributed by atoms with Crippen LogP contribution in [-0.4, -0.2) is 0 Å². The number of rotatable bonds is 3. The molecule has 0 aliphatic heterocycles. The first kappa shape index (κ1) is 29.8. The standard InChI is InChI=1S/C52H30OS/c1-2-12-35-32(10-1)11-9-18-37(35)50-40-16-5-3-14-38(40)49(39-15-4-6-17-41(39)50)33-22-20-31(21-23-33)34-24-29-48-46(30-34)45-28-26-43-44(52(45)54-48)27-25-42-36-13-7-8-19-47(36)53-51(42)43/h1-30H. The van der Waals surface area contributed by atoms with E-state index in [0.717, 1.165) is 11.2 Å². The molecular weight excluding hydrogens is 673 g/mol. The van der Waals surface area contributed by atoms with E-state index in [1.54, 1.807) is 0 Å². The minimum absolute atomic E-state index is 0.936. The van der Waals surface area contributed by atoms with Gasteiger partial charge in [-0.3, -0.25) is 0 Å². The quantitative estimate of drug-likeness (QED) is 0.167. The van der Waals surface area contributed by atoms with E-state index in [1.807, 2.05) is 17.4 Å². The molecule has 0 saturated carbocycles. The Bertz CT molecular complexity index is 3430. The lowest BCUT2D eigenvalue weighted by Gasteiger charge is -2.19. The number of furan rings is 1. The average molecular weight is 703 g/mol. The van der Waals surface area contributed by atoms with Crippen LogP contribution in [0.3, 0.4) is 0 Å². The van der Waals surface area contributed by atoms with Crippen LogP contribution in [0, 0.1) is 0 Å². The zero-order valence-electron chi connectivity index (χ0n) is 29.1. The van der Waals surface area contributed by atoms with Crippen LogP contribution in [0.15, 0.2) is 186 Å². The molecule has 0 spiro atoms. The van der Waals surface area contributed by atoms with Gasteiger partial charge in [-0.05, 0) is 96.0 Å². The van der Waals surface area contributed by atoms with Crippen LogP contribution >= 0.6 is 11.3 Å². The van der Waals surface area contributed by atoms with Crippen molar-refractivity contribution in [2.45, 2.75) is 0 Å². The van der Waals surface area contributed by atoms with Crippen LogP contribution in [0.2, 0.25) is 0 Å². The van der Waals surface area contributed by atoms with Crippen LogP contribution < -0.4 is 0 Å². The third kappa shape index (κ3) is 4.26. The molecule has 12 rings (SSSR count). The summed E-state index contributed by atoms with van der Waals surface area (Å²) < 4.78 is 9.01. The van der Waals surface area contributed by atoms with Gasteiger partial charge in [-0.15, -0.1) is 11.3 Å². The van der Waals surface area contributed by atoms with Crippen molar-refractivity contribution in [1.29, 1.82) is 0 Å². The molecule has 10 aromatic carbocycles. The topological polar surface area (TPSA) is 13.1 Å². The van der Waals surface area contributed by atoms with E-state index >= 15 is 0 Å². The van der Waals surface area contributed by atoms with Gasteiger partial charge < -0.3 is 4.42 Å². The molecule has 2 heterocycles. The van der Waals surface area contributed by atoms with Crippen LogP contribution in [-0.2, 0) is 0 Å². The number of hydrogen-bond donors (Lipinski definition) is 0. The lowest BCUT2D eigenvalue weighted by Crippen LogP contribution is -1.91. The Morgan fingerprint density at radius 1 is 0.333 bits per heavy atom. The summed E-state index contributed by atoms with van der Waals surface area (Å²) in [5.41, 5.74) is 9.42. The molecule has 0 unspecified atom stereocenters. The molecule has 250 valence electrons. The van der Waals surface area contributed by atoms with Crippen molar-refractivity contribution in [3.05, 3.63) is 182 Å². The molecule has 12 aromatic rings. The second kappa shape index (κ2) is 11.4. The maximum absolute atomic E-state index is 6.40. The average Bonchev–Trinajstić information content (AvgIpc) is 3.81. The molecule has 0 saturated heterocycles. The Kier molecular flexibility index (Phi) is 6.28. The van der Waals surface area contributed by atoms with Crippen molar-refractivity contribution in [3.63, 3.8) is 0 Å². The summed E-state index contributed by atoms with van der Waals surface area (Å²) in [5.74, 6) is 0. The van der Waals surface area contributed by atoms with Crippen molar-refractivity contribution in [1.82, 2.24) is 0 Å². The fourth-order valence-electron chi connectivity index (χ4n) is 9.00. The molecule has 0 amide bonds. The van der Waals surface area contributed by atoms with Crippen molar-refractivity contribution in [2.24, 2.45) is 0 Å². The highest BCUT2D eigenvalue weighted by molar-refractivity contribution is 7.26. The zero-order valence-corrected chi connectivity index (χ0v) is 30.0. The van der Waals surface area contributed by atoms with Gasteiger partial charge >= 0.3 is 0 Å². The van der Waals surface area contributed by atoms with Crippen molar-refractivity contribution in [2.75, 3.05) is 0 Å². The number of hydrogen-bond acceptors (Lipinski definition) is 2. The second-order valence-corrected chi connectivity index (χ2v) is 15.4. The summed E-state index contributed by atoms with van der Waals surface area (Å²) >= 11 is 1.87. The molecule has 0 radical (unpaired) electrons. The summed E-state index contributed by atoms with van der Waals surface area (Å²) in [6, 6.07) is 66.7. The predicted molar refractivity (Wildman–Crippen MR) is 233 cm³/mol. The summed E-state index contributed by atoms with van der Waals surface area (Å²) in [6.07, 6.45) is 0. The van der Waals surface area contributed by atoms with Gasteiger partial charge in [0.1, 0.15) is 11.2 Å². The summed E-state index contributed by atoms with van der Waals surface area (Å²) in [5, 5.41) is 15.0. The van der Waals surface area contributed by atoms with Crippen LogP contribution in [0.4, 0.5) is 0 Å². The molecule has 0 N–H and O–H groups in total. The molecule has 2 heteroatoms. The molecule has 0 aliphatic rings. The van der Waals surface area contributed by atoms with E-state index in [9.17, 15) is 0 Å². The minimum Gasteiger partial charge on any atom is -0.455 e. The van der Waals surface area contributed by atoms with E-state index < -0.39 is 0 Å². The molecule has 0 bridgehead atoms. The SMILES string of the molecule is c1ccc2c(-c3c4ccccc4c(-c4ccc(-c5ccc6sc7c(ccc8c7ccc7c9ccccc9oc78)c6c5)cc4)c4ccccc34)cccc2c1. The van der Waals surface area contributed by atoms with Crippen molar-refractivity contribution < 1.29 is 4.42 Å². The van der Waals surface area contributed by atoms with Gasteiger partial charge in [0.2, 0.25) is 0 Å². The Morgan fingerprint density at radius 3 is 1.61 bits per heavy atom. The molecule has 1 nitrogen and oxygen atoms in total. The number of fused-ring (bicyclic) bond motifs is 12. The summed E-state index contributed by atoms with van der Waals surface area (Å²) in [6.45, 7) is 0. The monoisotopic (exact) mass is 702 g/mol. The van der Waals surface area contributed by atoms with Crippen molar-refractivity contribution in [3.8, 4) is 33.4 Å². The fraction of sp³-hybridized carbons (Fsp3) is 0. The van der Waals surface area contributed by atoms with E-state index in [0.29, 0.717) is 0 Å². The molecular formula is C52H30OS. The third-order valence-corrected chi connectivity index (χ3v) is 12.7. The van der Waals surface area contributed by atoms with Gasteiger partial charge in [0, 0.05) is 41.7 Å². The highest BCUT2D eigenvalue weighted by Gasteiger charge is 2.19. The zero-order chi connectivity index (χ0) is 35.3. The van der Waals surface area contributed by atoms with Gasteiger partial charge in [-0.25, -0.2) is 0 Å². The minimum atomic E-state index is 0.936. The number of thiophene rings is 1. The first-order valence-corrected chi connectivity index (χ1v) is 19.3. The molecule has 0 aliphatic carbocycles. The largest absolute Gasteiger partial charge is 0.455 e. The smallest absolute Gasteiger partial charge is 0.143 e. The lowest BCUT2D eigenvalue weighted by molar-refractivity contribution is 0.672. The summed E-state index contributed by atoms with van der Waals surface area (Å²) in [7, 11) is 0. The molecule has 54 heavy (non-hydrogen) atoms. The molecule has 0 fully saturated rings. The van der Waals surface area contributed by atoms with Crippen LogP contribution in [0.1, 0.15) is 0 Å². The molecule has 0 atom stereocenters. The van der Waals surface area contributed by atoms with Crippen LogP contribution in [0.25, 0.3) is 119 Å². The number of para-hydroxylation sites is 1. The van der Waals surface area contributed by atoms with Gasteiger partial charge in [0.05, 0.1) is 0 Å². The van der Waals surface area contributed by atoms with E-state index in [1.165, 1.54) is 107 Å². The van der Waals surface area contributed by atoms with Crippen molar-refractivity contribution >= 4 is 96.5 Å². The Morgan fingerprint density at radius 2 is 0.870 bits per heavy atom. The first-order valence-electron chi connectivity index (χ1n) is 18.5. The Labute approximate surface area is 314 Å². The molecule has 2 aromatic heterocycles. The first-order chi connectivity index (χ1) is 26.8. The highest BCUT2D eigenvalue weighted by atomic mass is 32.1. The second-order valence-electron chi connectivity index (χ2n) is 14.3. The normalized spacial score (nSPS) is 12.1. The van der Waals surface area contributed by atoms with Gasteiger partial charge in [0.15, 0.2) is 0 Å². The maximum Gasteiger partial charge on any atom is 0.143 e. The van der Waals surface area contributed by atoms with E-state index in [-0.39, 0.29) is 0 Å². The van der Waals surface area contributed by atoms with Gasteiger partial charge in [-0.2, -0.15) is 0 Å². The van der Waals surface area contributed by atoms with Gasteiger partial charge in [-0.1, -0.05) is 152 Å².